The van der Waals surface area contributed by atoms with E-state index in [-0.39, 0.29) is 0 Å². The second-order valence-electron chi connectivity index (χ2n) is 5.27. The molecule has 1 saturated heterocycles. The van der Waals surface area contributed by atoms with E-state index in [0.29, 0.717) is 17.0 Å². The van der Waals surface area contributed by atoms with Crippen LogP contribution in [0.4, 0.5) is 5.82 Å². The van der Waals surface area contributed by atoms with E-state index >= 15 is 0 Å². The molecular formula is C14H22ClN3. The molecule has 4 heteroatoms. The molecule has 0 aromatic carbocycles. The van der Waals surface area contributed by atoms with Gasteiger partial charge in [0.2, 0.25) is 0 Å². The lowest BCUT2D eigenvalue weighted by Gasteiger charge is -2.31. The third kappa shape index (κ3) is 3.36. The molecule has 100 valence electrons. The Labute approximate surface area is 115 Å². The molecule has 0 radical (unpaired) electrons. The number of likely N-dealkylation sites (tertiary alicyclic amines) is 1. The molecule has 2 heterocycles. The van der Waals surface area contributed by atoms with E-state index in [1.807, 2.05) is 12.1 Å². The maximum Gasteiger partial charge on any atom is 0.144 e. The van der Waals surface area contributed by atoms with Crippen LogP contribution in [-0.4, -0.2) is 35.6 Å². The van der Waals surface area contributed by atoms with Gasteiger partial charge in [0.1, 0.15) is 5.82 Å². The predicted molar refractivity (Wildman–Crippen MR) is 77.2 cm³/mol. The summed E-state index contributed by atoms with van der Waals surface area (Å²) in [5.41, 5.74) is 0. The van der Waals surface area contributed by atoms with Gasteiger partial charge >= 0.3 is 0 Å². The lowest BCUT2D eigenvalue weighted by molar-refractivity contribution is 0.201. The standard InChI is InChI=1S/C14H22ClN3/c1-11(2)13(18-8-3-4-9-18)10-17-14-12(15)6-5-7-16-14/h5-7,11,13H,3-4,8-10H2,1-2H3,(H,16,17). The van der Waals surface area contributed by atoms with Crippen molar-refractivity contribution < 1.29 is 0 Å². The van der Waals surface area contributed by atoms with Crippen LogP contribution in [0, 0.1) is 5.92 Å². The van der Waals surface area contributed by atoms with Crippen molar-refractivity contribution in [1.29, 1.82) is 0 Å². The minimum atomic E-state index is 0.561. The van der Waals surface area contributed by atoms with E-state index in [4.69, 9.17) is 11.6 Å². The van der Waals surface area contributed by atoms with Gasteiger partial charge in [-0.3, -0.25) is 4.90 Å². The highest BCUT2D eigenvalue weighted by molar-refractivity contribution is 6.32. The summed E-state index contributed by atoms with van der Waals surface area (Å²) in [4.78, 5) is 6.85. The van der Waals surface area contributed by atoms with Crippen LogP contribution in [0.15, 0.2) is 18.3 Å². The van der Waals surface area contributed by atoms with Crippen LogP contribution in [0.3, 0.4) is 0 Å². The smallest absolute Gasteiger partial charge is 0.144 e. The molecule has 0 spiro atoms. The van der Waals surface area contributed by atoms with Gasteiger partial charge in [-0.15, -0.1) is 0 Å². The molecule has 1 N–H and O–H groups in total. The molecule has 0 bridgehead atoms. The first-order valence-electron chi connectivity index (χ1n) is 6.77. The molecule has 1 fully saturated rings. The monoisotopic (exact) mass is 267 g/mol. The van der Waals surface area contributed by atoms with Crippen molar-refractivity contribution in [2.75, 3.05) is 25.0 Å². The first-order valence-corrected chi connectivity index (χ1v) is 7.14. The number of hydrogen-bond acceptors (Lipinski definition) is 3. The summed E-state index contributed by atoms with van der Waals surface area (Å²) < 4.78 is 0. The first-order chi connectivity index (χ1) is 8.68. The Balaban J connectivity index is 1.95. The molecule has 1 unspecified atom stereocenters. The fraction of sp³-hybridized carbons (Fsp3) is 0.643. The van der Waals surface area contributed by atoms with Crippen LogP contribution in [0.1, 0.15) is 26.7 Å². The van der Waals surface area contributed by atoms with Gasteiger partial charge in [0.15, 0.2) is 0 Å². The summed E-state index contributed by atoms with van der Waals surface area (Å²) in [6.45, 7) is 7.92. The number of anilines is 1. The lowest BCUT2D eigenvalue weighted by atomic mass is 10.0. The second kappa shape index (κ2) is 6.39. The summed E-state index contributed by atoms with van der Waals surface area (Å²) in [5, 5.41) is 4.08. The third-order valence-corrected chi connectivity index (χ3v) is 3.92. The molecule has 0 amide bonds. The Morgan fingerprint density at radius 3 is 2.72 bits per heavy atom. The van der Waals surface area contributed by atoms with Crippen molar-refractivity contribution in [1.82, 2.24) is 9.88 Å². The van der Waals surface area contributed by atoms with E-state index in [2.05, 4.69) is 29.0 Å². The molecule has 3 nitrogen and oxygen atoms in total. The highest BCUT2D eigenvalue weighted by Gasteiger charge is 2.24. The van der Waals surface area contributed by atoms with Crippen LogP contribution in [-0.2, 0) is 0 Å². The van der Waals surface area contributed by atoms with Crippen molar-refractivity contribution in [3.05, 3.63) is 23.4 Å². The zero-order valence-electron chi connectivity index (χ0n) is 11.2. The van der Waals surface area contributed by atoms with Gasteiger partial charge in [-0.2, -0.15) is 0 Å². The predicted octanol–water partition coefficient (Wildman–Crippen LogP) is 3.27. The Morgan fingerprint density at radius 1 is 1.39 bits per heavy atom. The maximum atomic E-state index is 6.11. The topological polar surface area (TPSA) is 28.2 Å². The van der Waals surface area contributed by atoms with Gasteiger partial charge in [-0.1, -0.05) is 25.4 Å². The van der Waals surface area contributed by atoms with Crippen LogP contribution >= 0.6 is 11.6 Å². The first kappa shape index (κ1) is 13.6. The number of hydrogen-bond donors (Lipinski definition) is 1. The van der Waals surface area contributed by atoms with Crippen LogP contribution < -0.4 is 5.32 Å². The minimum Gasteiger partial charge on any atom is -0.367 e. The Morgan fingerprint density at radius 2 is 2.11 bits per heavy atom. The minimum absolute atomic E-state index is 0.561. The second-order valence-corrected chi connectivity index (χ2v) is 5.68. The van der Waals surface area contributed by atoms with E-state index in [1.54, 1.807) is 6.20 Å². The largest absolute Gasteiger partial charge is 0.367 e. The molecular weight excluding hydrogens is 246 g/mol. The van der Waals surface area contributed by atoms with Gasteiger partial charge in [0.25, 0.3) is 0 Å². The van der Waals surface area contributed by atoms with Crippen LogP contribution in [0.2, 0.25) is 5.02 Å². The maximum absolute atomic E-state index is 6.11. The summed E-state index contributed by atoms with van der Waals surface area (Å²) in [6, 6.07) is 4.29. The summed E-state index contributed by atoms with van der Waals surface area (Å²) in [6.07, 6.45) is 4.43. The van der Waals surface area contributed by atoms with Gasteiger partial charge in [-0.05, 0) is 44.0 Å². The Bertz CT molecular complexity index is 375. The average Bonchev–Trinajstić information content (AvgIpc) is 2.85. The van der Waals surface area contributed by atoms with Crippen molar-refractivity contribution in [2.45, 2.75) is 32.7 Å². The molecule has 0 saturated carbocycles. The Kier molecular flexibility index (Phi) is 4.84. The van der Waals surface area contributed by atoms with Gasteiger partial charge in [-0.25, -0.2) is 4.98 Å². The number of halogens is 1. The van der Waals surface area contributed by atoms with Crippen LogP contribution in [0.25, 0.3) is 0 Å². The molecule has 1 aromatic heterocycles. The molecule has 0 aliphatic carbocycles. The summed E-state index contributed by atoms with van der Waals surface area (Å²) >= 11 is 6.11. The lowest BCUT2D eigenvalue weighted by Crippen LogP contribution is -2.42. The van der Waals surface area contributed by atoms with Gasteiger partial charge in [0, 0.05) is 18.8 Å². The van der Waals surface area contributed by atoms with Crippen LogP contribution in [0.5, 0.6) is 0 Å². The molecule has 1 atom stereocenters. The van der Waals surface area contributed by atoms with Gasteiger partial charge in [0.05, 0.1) is 5.02 Å². The third-order valence-electron chi connectivity index (χ3n) is 3.62. The average molecular weight is 268 g/mol. The molecule has 2 rings (SSSR count). The number of nitrogens with one attached hydrogen (secondary N) is 1. The highest BCUT2D eigenvalue weighted by atomic mass is 35.5. The van der Waals surface area contributed by atoms with E-state index in [0.717, 1.165) is 12.4 Å². The number of nitrogens with zero attached hydrogens (tertiary/aromatic N) is 2. The molecule has 1 aliphatic heterocycles. The number of aromatic nitrogens is 1. The van der Waals surface area contributed by atoms with E-state index in [9.17, 15) is 0 Å². The number of pyridine rings is 1. The molecule has 18 heavy (non-hydrogen) atoms. The van der Waals surface area contributed by atoms with Crippen molar-refractivity contribution >= 4 is 17.4 Å². The fourth-order valence-electron chi connectivity index (χ4n) is 2.58. The van der Waals surface area contributed by atoms with Gasteiger partial charge < -0.3 is 5.32 Å². The SMILES string of the molecule is CC(C)C(CNc1ncccc1Cl)N1CCCC1. The van der Waals surface area contributed by atoms with E-state index < -0.39 is 0 Å². The zero-order chi connectivity index (χ0) is 13.0. The van der Waals surface area contributed by atoms with Crippen molar-refractivity contribution in [2.24, 2.45) is 5.92 Å². The zero-order valence-corrected chi connectivity index (χ0v) is 12.0. The normalized spacial score (nSPS) is 18.2. The molecule has 1 aromatic rings. The summed E-state index contributed by atoms with van der Waals surface area (Å²) in [5.74, 6) is 1.43. The van der Waals surface area contributed by atoms with Crippen molar-refractivity contribution in [3.63, 3.8) is 0 Å². The van der Waals surface area contributed by atoms with E-state index in [1.165, 1.54) is 25.9 Å². The Hall–Kier alpha value is -0.800. The molecule has 1 aliphatic rings. The fourth-order valence-corrected chi connectivity index (χ4v) is 2.77. The summed E-state index contributed by atoms with van der Waals surface area (Å²) in [7, 11) is 0. The highest BCUT2D eigenvalue weighted by Crippen LogP contribution is 2.21. The van der Waals surface area contributed by atoms with Crippen molar-refractivity contribution in [3.8, 4) is 0 Å². The quantitative estimate of drug-likeness (QED) is 0.888. The number of rotatable bonds is 5.